The molecule has 0 saturated heterocycles. The predicted molar refractivity (Wildman–Crippen MR) is 88.8 cm³/mol. The van der Waals surface area contributed by atoms with Crippen LogP contribution >= 0.6 is 0 Å². The fourth-order valence-corrected chi connectivity index (χ4v) is 2.72. The van der Waals surface area contributed by atoms with Crippen LogP contribution in [0, 0.1) is 13.8 Å². The number of benzene rings is 1. The Hall–Kier alpha value is -2.10. The van der Waals surface area contributed by atoms with E-state index >= 15 is 0 Å². The molecule has 2 rings (SSSR count). The van der Waals surface area contributed by atoms with Gasteiger partial charge in [-0.25, -0.2) is 0 Å². The second kappa shape index (κ2) is 7.78. The first-order valence-corrected chi connectivity index (χ1v) is 7.95. The summed E-state index contributed by atoms with van der Waals surface area (Å²) in [5.74, 6) is 0.0527. The summed E-state index contributed by atoms with van der Waals surface area (Å²) in [6.45, 7) is 7.62. The highest BCUT2D eigenvalue weighted by atomic mass is 16.1. The van der Waals surface area contributed by atoms with Crippen molar-refractivity contribution in [2.45, 2.75) is 46.1 Å². The summed E-state index contributed by atoms with van der Waals surface area (Å²) in [4.78, 5) is 12.3. The lowest BCUT2D eigenvalue weighted by atomic mass is 9.96. The van der Waals surface area contributed by atoms with Gasteiger partial charge in [0.15, 0.2) is 0 Å². The van der Waals surface area contributed by atoms with Gasteiger partial charge in [0.1, 0.15) is 0 Å². The van der Waals surface area contributed by atoms with Gasteiger partial charge in [0.2, 0.25) is 5.91 Å². The first kappa shape index (κ1) is 16.3. The van der Waals surface area contributed by atoms with E-state index in [9.17, 15) is 4.79 Å². The monoisotopic (exact) mass is 299 g/mol. The maximum Gasteiger partial charge on any atom is 0.227 e. The molecule has 2 aromatic rings. The summed E-state index contributed by atoms with van der Waals surface area (Å²) in [5.41, 5.74) is 3.29. The molecular formula is C18H25N3O. The first-order chi connectivity index (χ1) is 10.6. The minimum Gasteiger partial charge on any atom is -0.356 e. The number of hydrogen-bond donors (Lipinski definition) is 1. The standard InChI is InChI=1S/C18H25N3O/c1-4-17(16-9-6-5-7-10-16)18(22)19-11-8-12-21-15(3)13-14(2)20-21/h5-7,9-10,13,17H,4,8,11-12H2,1-3H3,(H,19,22). The molecule has 22 heavy (non-hydrogen) atoms. The molecule has 0 radical (unpaired) electrons. The minimum absolute atomic E-state index is 0.0603. The van der Waals surface area contributed by atoms with Crippen LogP contribution in [0.15, 0.2) is 36.4 Å². The van der Waals surface area contributed by atoms with E-state index in [1.54, 1.807) is 0 Å². The second-order valence-corrected chi connectivity index (χ2v) is 5.67. The van der Waals surface area contributed by atoms with Crippen LogP contribution in [0.3, 0.4) is 0 Å². The second-order valence-electron chi connectivity index (χ2n) is 5.67. The zero-order valence-electron chi connectivity index (χ0n) is 13.7. The average Bonchev–Trinajstić information content (AvgIpc) is 2.83. The molecule has 0 bridgehead atoms. The topological polar surface area (TPSA) is 46.9 Å². The summed E-state index contributed by atoms with van der Waals surface area (Å²) in [6, 6.07) is 12.0. The van der Waals surface area contributed by atoms with Crippen molar-refractivity contribution >= 4 is 5.91 Å². The fourth-order valence-electron chi connectivity index (χ4n) is 2.72. The molecule has 1 unspecified atom stereocenters. The highest BCUT2D eigenvalue weighted by Gasteiger charge is 2.17. The molecule has 1 amide bonds. The molecular weight excluding hydrogens is 274 g/mol. The van der Waals surface area contributed by atoms with Crippen molar-refractivity contribution in [3.63, 3.8) is 0 Å². The van der Waals surface area contributed by atoms with Crippen molar-refractivity contribution in [2.75, 3.05) is 6.54 Å². The lowest BCUT2D eigenvalue weighted by molar-refractivity contribution is -0.122. The minimum atomic E-state index is -0.0603. The molecule has 4 heteroatoms. The van der Waals surface area contributed by atoms with E-state index in [1.807, 2.05) is 48.9 Å². The van der Waals surface area contributed by atoms with Crippen LogP contribution in [0.2, 0.25) is 0 Å². The Morgan fingerprint density at radius 1 is 1.27 bits per heavy atom. The van der Waals surface area contributed by atoms with Gasteiger partial charge in [0.05, 0.1) is 11.6 Å². The van der Waals surface area contributed by atoms with E-state index in [2.05, 4.69) is 23.4 Å². The Labute approximate surface area is 132 Å². The van der Waals surface area contributed by atoms with Crippen molar-refractivity contribution in [3.05, 3.63) is 53.3 Å². The summed E-state index contributed by atoms with van der Waals surface area (Å²) in [7, 11) is 0. The Morgan fingerprint density at radius 3 is 2.59 bits per heavy atom. The van der Waals surface area contributed by atoms with Crippen LogP contribution in [-0.2, 0) is 11.3 Å². The Kier molecular flexibility index (Phi) is 5.75. The molecule has 1 atom stereocenters. The molecule has 4 nitrogen and oxygen atoms in total. The molecule has 0 spiro atoms. The van der Waals surface area contributed by atoms with Gasteiger partial charge in [-0.2, -0.15) is 5.10 Å². The smallest absolute Gasteiger partial charge is 0.227 e. The first-order valence-electron chi connectivity index (χ1n) is 7.95. The van der Waals surface area contributed by atoms with Crippen LogP contribution in [0.5, 0.6) is 0 Å². The Bertz CT molecular complexity index is 604. The highest BCUT2D eigenvalue weighted by Crippen LogP contribution is 2.19. The predicted octanol–water partition coefficient (Wildman–Crippen LogP) is 3.20. The SMILES string of the molecule is CCC(C(=O)NCCCn1nc(C)cc1C)c1ccccc1. The van der Waals surface area contributed by atoms with Gasteiger partial charge >= 0.3 is 0 Å². The average molecular weight is 299 g/mol. The van der Waals surface area contributed by atoms with Gasteiger partial charge in [-0.3, -0.25) is 9.48 Å². The third-order valence-electron chi connectivity index (χ3n) is 3.88. The summed E-state index contributed by atoms with van der Waals surface area (Å²) < 4.78 is 2.00. The van der Waals surface area contributed by atoms with Gasteiger partial charge < -0.3 is 5.32 Å². The molecule has 0 aliphatic rings. The quantitative estimate of drug-likeness (QED) is 0.798. The molecule has 1 N–H and O–H groups in total. The summed E-state index contributed by atoms with van der Waals surface area (Å²) in [6.07, 6.45) is 1.70. The zero-order valence-corrected chi connectivity index (χ0v) is 13.7. The van der Waals surface area contributed by atoms with Crippen molar-refractivity contribution < 1.29 is 4.79 Å². The molecule has 1 aromatic heterocycles. The number of carbonyl (C=O) groups is 1. The van der Waals surface area contributed by atoms with Gasteiger partial charge in [0.25, 0.3) is 0 Å². The molecule has 118 valence electrons. The van der Waals surface area contributed by atoms with E-state index in [0.717, 1.165) is 30.6 Å². The number of carbonyl (C=O) groups excluding carboxylic acids is 1. The third-order valence-corrected chi connectivity index (χ3v) is 3.88. The molecule has 1 aromatic carbocycles. The van der Waals surface area contributed by atoms with Gasteiger partial charge in [0, 0.05) is 18.8 Å². The normalized spacial score (nSPS) is 12.1. The van der Waals surface area contributed by atoms with Crippen molar-refractivity contribution in [3.8, 4) is 0 Å². The molecule has 0 saturated carbocycles. The summed E-state index contributed by atoms with van der Waals surface area (Å²) >= 11 is 0. The number of hydrogen-bond acceptors (Lipinski definition) is 2. The highest BCUT2D eigenvalue weighted by molar-refractivity contribution is 5.83. The maximum atomic E-state index is 12.3. The number of aromatic nitrogens is 2. The molecule has 0 aliphatic heterocycles. The van der Waals surface area contributed by atoms with Crippen LogP contribution in [-0.4, -0.2) is 22.2 Å². The third kappa shape index (κ3) is 4.20. The molecule has 0 fully saturated rings. The van der Waals surface area contributed by atoms with Gasteiger partial charge in [-0.1, -0.05) is 37.3 Å². The van der Waals surface area contributed by atoms with Crippen LogP contribution in [0.4, 0.5) is 0 Å². The number of rotatable bonds is 7. The fraction of sp³-hybridized carbons (Fsp3) is 0.444. The number of aryl methyl sites for hydroxylation is 3. The largest absolute Gasteiger partial charge is 0.356 e. The van der Waals surface area contributed by atoms with Crippen molar-refractivity contribution in [2.24, 2.45) is 0 Å². The summed E-state index contributed by atoms with van der Waals surface area (Å²) in [5, 5.41) is 7.48. The number of nitrogens with zero attached hydrogens (tertiary/aromatic N) is 2. The van der Waals surface area contributed by atoms with Crippen molar-refractivity contribution in [1.29, 1.82) is 0 Å². The van der Waals surface area contributed by atoms with E-state index < -0.39 is 0 Å². The lowest BCUT2D eigenvalue weighted by Crippen LogP contribution is -2.30. The Balaban J connectivity index is 1.81. The van der Waals surface area contributed by atoms with Gasteiger partial charge in [-0.05, 0) is 38.3 Å². The van der Waals surface area contributed by atoms with Gasteiger partial charge in [-0.15, -0.1) is 0 Å². The van der Waals surface area contributed by atoms with Crippen molar-refractivity contribution in [1.82, 2.24) is 15.1 Å². The molecule has 0 aliphatic carbocycles. The number of amides is 1. The van der Waals surface area contributed by atoms with Crippen LogP contribution < -0.4 is 5.32 Å². The lowest BCUT2D eigenvalue weighted by Gasteiger charge is -2.15. The van der Waals surface area contributed by atoms with Crippen LogP contribution in [0.25, 0.3) is 0 Å². The maximum absolute atomic E-state index is 12.3. The zero-order chi connectivity index (χ0) is 15.9. The van der Waals surface area contributed by atoms with Crippen LogP contribution in [0.1, 0.15) is 42.6 Å². The van der Waals surface area contributed by atoms with E-state index in [1.165, 1.54) is 5.69 Å². The van der Waals surface area contributed by atoms with E-state index in [0.29, 0.717) is 6.54 Å². The van der Waals surface area contributed by atoms with E-state index in [-0.39, 0.29) is 11.8 Å². The number of nitrogens with one attached hydrogen (secondary N) is 1. The van der Waals surface area contributed by atoms with E-state index in [4.69, 9.17) is 0 Å². The Morgan fingerprint density at radius 2 is 2.00 bits per heavy atom. The molecule has 1 heterocycles.